The minimum Gasteiger partial charge on any atom is -0.489 e. The van der Waals surface area contributed by atoms with Gasteiger partial charge in [0.15, 0.2) is 0 Å². The summed E-state index contributed by atoms with van der Waals surface area (Å²) in [5.41, 5.74) is 12.3. The van der Waals surface area contributed by atoms with E-state index in [-0.39, 0.29) is 12.2 Å². The summed E-state index contributed by atoms with van der Waals surface area (Å²) < 4.78 is 9.69. The quantitative estimate of drug-likeness (QED) is 0.397. The lowest BCUT2D eigenvalue weighted by atomic mass is 9.79. The number of benzene rings is 3. The molecule has 0 saturated heterocycles. The molecule has 0 aliphatic carbocycles. The fourth-order valence-electron chi connectivity index (χ4n) is 5.13. The summed E-state index contributed by atoms with van der Waals surface area (Å²) in [4.78, 5) is 17.2. The third-order valence-corrected chi connectivity index (χ3v) is 7.14. The highest BCUT2D eigenvalue weighted by atomic mass is 16.5. The average molecular weight is 474 g/mol. The standard InChI is InChI=1S/C29H23N5O2/c1-33-17-32-15-27(33)29(31)21-7-6-19(14-30)20(10-21)16-36-23-5-3-4-18(11-23)24-13-28(35)34(2)26-9-8-22(29)12-25(24)26/h3-13,15,17H,16,31H2,1-2H3/t29-/m0/s1. The summed E-state index contributed by atoms with van der Waals surface area (Å²) in [7, 11) is 3.68. The SMILES string of the molecule is Cn1cncc1[C@]1(N)c2ccc(C#N)c(c2)COc2cccc(c2)-c2cc(=O)n(C)c3ccc1cc23. The Kier molecular flexibility index (Phi) is 4.82. The zero-order chi connectivity index (χ0) is 25.0. The Morgan fingerprint density at radius 3 is 2.64 bits per heavy atom. The van der Waals surface area contributed by atoms with Crippen molar-refractivity contribution in [2.24, 2.45) is 19.8 Å². The number of pyridine rings is 1. The number of fused-ring (bicyclic) bond motifs is 6. The lowest BCUT2D eigenvalue weighted by Crippen LogP contribution is -2.41. The number of hydrogen-bond donors (Lipinski definition) is 1. The molecule has 6 bridgehead atoms. The maximum atomic E-state index is 12.9. The fourth-order valence-corrected chi connectivity index (χ4v) is 5.13. The normalized spacial score (nSPS) is 16.5. The molecule has 6 rings (SSSR count). The Bertz CT molecular complexity index is 1780. The molecule has 1 atom stereocenters. The van der Waals surface area contributed by atoms with Crippen LogP contribution in [0.2, 0.25) is 0 Å². The molecule has 5 aromatic rings. The second kappa shape index (κ2) is 7.94. The number of aryl methyl sites for hydroxylation is 2. The Labute approximate surface area is 207 Å². The van der Waals surface area contributed by atoms with E-state index in [1.165, 1.54) is 0 Å². The van der Waals surface area contributed by atoms with E-state index < -0.39 is 5.54 Å². The van der Waals surface area contributed by atoms with Crippen molar-refractivity contribution >= 4 is 10.9 Å². The molecule has 7 nitrogen and oxygen atoms in total. The molecule has 3 heterocycles. The molecule has 0 unspecified atom stereocenters. The van der Waals surface area contributed by atoms with Gasteiger partial charge < -0.3 is 19.6 Å². The van der Waals surface area contributed by atoms with Crippen LogP contribution in [0.25, 0.3) is 22.0 Å². The molecule has 1 aliphatic rings. The highest BCUT2D eigenvalue weighted by molar-refractivity contribution is 5.95. The van der Waals surface area contributed by atoms with Crippen molar-refractivity contribution in [3.05, 3.63) is 118 Å². The van der Waals surface area contributed by atoms with Gasteiger partial charge in [0, 0.05) is 31.1 Å². The molecular formula is C29H23N5O2. The summed E-state index contributed by atoms with van der Waals surface area (Å²) in [6.07, 6.45) is 3.49. The average Bonchev–Trinajstić information content (AvgIpc) is 3.34. The first-order valence-electron chi connectivity index (χ1n) is 11.6. The van der Waals surface area contributed by atoms with Gasteiger partial charge in [0.1, 0.15) is 17.9 Å². The van der Waals surface area contributed by atoms with E-state index >= 15 is 0 Å². The molecular weight excluding hydrogens is 450 g/mol. The van der Waals surface area contributed by atoms with Crippen molar-refractivity contribution in [2.45, 2.75) is 12.1 Å². The first kappa shape index (κ1) is 21.8. The molecule has 1 aliphatic heterocycles. The third kappa shape index (κ3) is 3.16. The maximum absolute atomic E-state index is 12.9. The van der Waals surface area contributed by atoms with Crippen LogP contribution in [0, 0.1) is 11.3 Å². The van der Waals surface area contributed by atoms with Crippen LogP contribution in [0.4, 0.5) is 0 Å². The largest absolute Gasteiger partial charge is 0.489 e. The molecule has 176 valence electrons. The first-order chi connectivity index (χ1) is 17.4. The number of rotatable bonds is 1. The summed E-state index contributed by atoms with van der Waals surface area (Å²) in [6, 6.07) is 23.2. The molecule has 0 radical (unpaired) electrons. The number of ether oxygens (including phenoxy) is 1. The Balaban J connectivity index is 1.77. The second-order valence-electron chi connectivity index (χ2n) is 9.19. The van der Waals surface area contributed by atoms with Crippen LogP contribution in [0.1, 0.15) is 27.9 Å². The summed E-state index contributed by atoms with van der Waals surface area (Å²) >= 11 is 0. The zero-order valence-electron chi connectivity index (χ0n) is 19.9. The van der Waals surface area contributed by atoms with E-state index in [9.17, 15) is 10.1 Å². The van der Waals surface area contributed by atoms with Gasteiger partial charge >= 0.3 is 0 Å². The van der Waals surface area contributed by atoms with Crippen LogP contribution >= 0.6 is 0 Å². The van der Waals surface area contributed by atoms with E-state index in [0.717, 1.165) is 44.4 Å². The molecule has 0 fully saturated rings. The minimum absolute atomic E-state index is 0.100. The van der Waals surface area contributed by atoms with E-state index in [2.05, 4.69) is 17.1 Å². The number of aromatic nitrogens is 3. The van der Waals surface area contributed by atoms with Gasteiger partial charge in [0.25, 0.3) is 5.56 Å². The third-order valence-electron chi connectivity index (χ3n) is 7.14. The fraction of sp³-hybridized carbons (Fsp3) is 0.138. The van der Waals surface area contributed by atoms with Gasteiger partial charge in [-0.3, -0.25) is 4.79 Å². The zero-order valence-corrected chi connectivity index (χ0v) is 19.9. The van der Waals surface area contributed by atoms with E-state index in [4.69, 9.17) is 10.5 Å². The highest BCUT2D eigenvalue weighted by Crippen LogP contribution is 2.39. The smallest absolute Gasteiger partial charge is 0.251 e. The summed E-state index contributed by atoms with van der Waals surface area (Å²) in [5.74, 6) is 0.650. The monoisotopic (exact) mass is 473 g/mol. The summed E-state index contributed by atoms with van der Waals surface area (Å²) in [6.45, 7) is 0.200. The predicted molar refractivity (Wildman–Crippen MR) is 137 cm³/mol. The minimum atomic E-state index is -1.08. The van der Waals surface area contributed by atoms with E-state index in [1.54, 1.807) is 36.3 Å². The molecule has 36 heavy (non-hydrogen) atoms. The first-order valence-corrected chi connectivity index (χ1v) is 11.6. The van der Waals surface area contributed by atoms with Gasteiger partial charge in [-0.1, -0.05) is 24.3 Å². The topological polar surface area (TPSA) is 98.9 Å². The van der Waals surface area contributed by atoms with Crippen LogP contribution in [-0.4, -0.2) is 14.1 Å². The van der Waals surface area contributed by atoms with E-state index in [1.807, 2.05) is 60.1 Å². The van der Waals surface area contributed by atoms with Crippen LogP contribution in [0.5, 0.6) is 5.75 Å². The van der Waals surface area contributed by atoms with Gasteiger partial charge in [-0.15, -0.1) is 0 Å². The Morgan fingerprint density at radius 2 is 1.86 bits per heavy atom. The number of nitrogens with zero attached hydrogens (tertiary/aromatic N) is 4. The lowest BCUT2D eigenvalue weighted by molar-refractivity contribution is 0.306. The van der Waals surface area contributed by atoms with Gasteiger partial charge in [-0.2, -0.15) is 5.26 Å². The van der Waals surface area contributed by atoms with Crippen molar-refractivity contribution in [1.29, 1.82) is 5.26 Å². The van der Waals surface area contributed by atoms with Gasteiger partial charge in [-0.25, -0.2) is 4.98 Å². The predicted octanol–water partition coefficient (Wildman–Crippen LogP) is 3.95. The Hall–Kier alpha value is -4.67. The van der Waals surface area contributed by atoms with Gasteiger partial charge in [0.2, 0.25) is 0 Å². The van der Waals surface area contributed by atoms with Gasteiger partial charge in [0.05, 0.1) is 35.4 Å². The maximum Gasteiger partial charge on any atom is 0.251 e. The molecule has 3 aromatic carbocycles. The van der Waals surface area contributed by atoms with Crippen LogP contribution in [0.3, 0.4) is 0 Å². The van der Waals surface area contributed by atoms with Crippen molar-refractivity contribution in [3.8, 4) is 22.9 Å². The molecule has 2 aromatic heterocycles. The molecule has 0 amide bonds. The van der Waals surface area contributed by atoms with Crippen LogP contribution < -0.4 is 16.0 Å². The summed E-state index contributed by atoms with van der Waals surface area (Å²) in [5, 5.41) is 10.7. The molecule has 0 saturated carbocycles. The van der Waals surface area contributed by atoms with Crippen molar-refractivity contribution in [1.82, 2.24) is 14.1 Å². The van der Waals surface area contributed by atoms with E-state index in [0.29, 0.717) is 11.3 Å². The highest BCUT2D eigenvalue weighted by Gasteiger charge is 2.36. The lowest BCUT2D eigenvalue weighted by Gasteiger charge is -2.32. The van der Waals surface area contributed by atoms with Crippen LogP contribution in [-0.2, 0) is 26.2 Å². The molecule has 7 heteroatoms. The van der Waals surface area contributed by atoms with Gasteiger partial charge in [-0.05, 0) is 58.7 Å². The van der Waals surface area contributed by atoms with Crippen LogP contribution in [0.15, 0.2) is 84.0 Å². The number of imidazole rings is 1. The van der Waals surface area contributed by atoms with Crippen molar-refractivity contribution in [2.75, 3.05) is 0 Å². The van der Waals surface area contributed by atoms with Crippen molar-refractivity contribution in [3.63, 3.8) is 0 Å². The Morgan fingerprint density at radius 1 is 1.06 bits per heavy atom. The number of hydrogen-bond acceptors (Lipinski definition) is 5. The number of nitriles is 1. The number of nitrogens with two attached hydrogens (primary N) is 1. The second-order valence-corrected chi connectivity index (χ2v) is 9.19. The van der Waals surface area contributed by atoms with Crippen molar-refractivity contribution < 1.29 is 4.74 Å². The molecule has 0 spiro atoms. The molecule has 2 N–H and O–H groups in total.